The topological polar surface area (TPSA) is 167 Å². The number of nitrogens with one attached hydrogen (secondary N) is 2. The number of ketones is 1. The number of amides is 1. The van der Waals surface area contributed by atoms with Crippen LogP contribution in [0.4, 0.5) is 0 Å². The van der Waals surface area contributed by atoms with Crippen LogP contribution in [0.2, 0.25) is 0 Å². The van der Waals surface area contributed by atoms with E-state index in [0.29, 0.717) is 25.1 Å². The fraction of sp³-hybridized carbons (Fsp3) is 0.571. The second-order valence-electron chi connectivity index (χ2n) is 5.58. The molecule has 12 heteroatoms. The second-order valence-corrected chi connectivity index (χ2v) is 7.17. The van der Waals surface area contributed by atoms with Gasteiger partial charge in [0.05, 0.1) is 41.4 Å². The Morgan fingerprint density at radius 1 is 1.38 bits per heavy atom. The minimum Gasteiger partial charge on any atom is -0.479 e. The molecular weight excluding hydrogens is 570 g/mol. The molecule has 146 valence electrons. The summed E-state index contributed by atoms with van der Waals surface area (Å²) >= 11 is 3.41. The molecule has 0 saturated heterocycles. The number of hydrogen-bond donors (Lipinski definition) is 5. The molecule has 10 nitrogen and oxygen atoms in total. The van der Waals surface area contributed by atoms with Crippen LogP contribution in [0.5, 0.6) is 0 Å². The van der Waals surface area contributed by atoms with Gasteiger partial charge < -0.3 is 21.6 Å². The van der Waals surface area contributed by atoms with Crippen molar-refractivity contribution in [1.29, 1.82) is 0 Å². The van der Waals surface area contributed by atoms with Crippen molar-refractivity contribution < 1.29 is 19.5 Å². The summed E-state index contributed by atoms with van der Waals surface area (Å²) in [6.07, 6.45) is 4.22. The van der Waals surface area contributed by atoms with Crippen LogP contribution < -0.4 is 15.0 Å². The normalized spacial score (nSPS) is 14.5. The molecule has 1 amide bonds. The Morgan fingerprint density at radius 3 is 2.54 bits per heavy atom. The van der Waals surface area contributed by atoms with E-state index in [0.717, 1.165) is 3.11 Å². The number of nitrogens with zero attached hydrogens (tertiary/aromatic N) is 2. The lowest BCUT2D eigenvalue weighted by Crippen LogP contribution is -2.62. The molecule has 0 saturated carbocycles. The first-order valence-corrected chi connectivity index (χ1v) is 9.90. The number of carbonyl (C=O) groups excluding carboxylic acids is 2. The summed E-state index contributed by atoms with van der Waals surface area (Å²) in [5.74, 6) is -2.67. The summed E-state index contributed by atoms with van der Waals surface area (Å²) in [5, 5.41) is 9.81. The highest BCUT2D eigenvalue weighted by Gasteiger charge is 2.52. The van der Waals surface area contributed by atoms with E-state index >= 15 is 0 Å². The first-order chi connectivity index (χ1) is 12.3. The van der Waals surface area contributed by atoms with Gasteiger partial charge in [0.25, 0.3) is 5.91 Å². The van der Waals surface area contributed by atoms with E-state index in [2.05, 4.69) is 13.5 Å². The minimum atomic E-state index is -2.03. The Bertz CT molecular complexity index is 615. The third kappa shape index (κ3) is 5.34. The summed E-state index contributed by atoms with van der Waals surface area (Å²) in [5.41, 5.74) is 9.51. The zero-order valence-electron chi connectivity index (χ0n) is 14.0. The largest absolute Gasteiger partial charge is 0.479 e. The molecule has 7 N–H and O–H groups in total. The number of Topliss-reactive ketones (excluding diaryl/α,β-unsaturated/α-hetero) is 1. The van der Waals surface area contributed by atoms with Crippen molar-refractivity contribution in [2.45, 2.75) is 37.3 Å². The number of hydrogen-bond acceptors (Lipinski definition) is 7. The molecule has 0 spiro atoms. The van der Waals surface area contributed by atoms with Gasteiger partial charge in [0, 0.05) is 35.5 Å². The predicted octanol–water partition coefficient (Wildman–Crippen LogP) is -0.0808. The van der Waals surface area contributed by atoms with Crippen LogP contribution in [0.3, 0.4) is 0 Å². The molecule has 1 heterocycles. The standard InChI is InChI=1S/C14H22I2N6O4/c15-21-10(5-9-7-19-8-20-9)12(24)22(16)14(13(25)26,11(23)6-18)3-1-2-4-17/h7-8,10,21H,1-6,17-18H2,(H,19,20)(H,25,26). The van der Waals surface area contributed by atoms with E-state index in [4.69, 9.17) is 11.5 Å². The Morgan fingerprint density at radius 2 is 2.08 bits per heavy atom. The molecule has 0 bridgehead atoms. The van der Waals surface area contributed by atoms with Gasteiger partial charge in [-0.1, -0.05) is 0 Å². The van der Waals surface area contributed by atoms with Crippen molar-refractivity contribution >= 4 is 63.4 Å². The zero-order chi connectivity index (χ0) is 19.7. The molecule has 1 aromatic heterocycles. The molecule has 0 aliphatic rings. The number of H-pyrrole nitrogens is 1. The number of aromatic nitrogens is 2. The average Bonchev–Trinajstić information content (AvgIpc) is 3.14. The van der Waals surface area contributed by atoms with Gasteiger partial charge in [0.1, 0.15) is 6.04 Å². The first kappa shape index (κ1) is 23.2. The quantitative estimate of drug-likeness (QED) is 0.0973. The zero-order valence-corrected chi connectivity index (χ0v) is 18.3. The van der Waals surface area contributed by atoms with Crippen molar-refractivity contribution in [1.82, 2.24) is 16.6 Å². The summed E-state index contributed by atoms with van der Waals surface area (Å²) in [6, 6.07) is -0.755. The van der Waals surface area contributed by atoms with E-state index in [1.165, 1.54) is 6.33 Å². The second kappa shape index (κ2) is 11.1. The lowest BCUT2D eigenvalue weighted by atomic mass is 9.87. The van der Waals surface area contributed by atoms with Gasteiger partial charge in [-0.25, -0.2) is 13.3 Å². The number of carboxylic acid groups (broad SMARTS) is 1. The van der Waals surface area contributed by atoms with E-state index in [9.17, 15) is 19.5 Å². The lowest BCUT2D eigenvalue weighted by molar-refractivity contribution is -0.158. The van der Waals surface area contributed by atoms with Crippen LogP contribution in [0, 0.1) is 0 Å². The number of rotatable bonds is 12. The molecule has 2 unspecified atom stereocenters. The van der Waals surface area contributed by atoms with E-state index in [1.807, 2.05) is 22.9 Å². The van der Waals surface area contributed by atoms with Crippen LogP contribution in [-0.4, -0.2) is 60.5 Å². The molecule has 0 aliphatic carbocycles. The average molecular weight is 592 g/mol. The number of nitrogens with two attached hydrogens (primary N) is 2. The van der Waals surface area contributed by atoms with Crippen molar-refractivity contribution in [2.75, 3.05) is 13.1 Å². The fourth-order valence-corrected chi connectivity index (χ4v) is 4.00. The van der Waals surface area contributed by atoms with Crippen molar-refractivity contribution in [3.8, 4) is 0 Å². The fourth-order valence-electron chi connectivity index (χ4n) is 2.46. The van der Waals surface area contributed by atoms with E-state index in [-0.39, 0.29) is 12.8 Å². The third-order valence-corrected chi connectivity index (χ3v) is 5.97. The van der Waals surface area contributed by atoms with Crippen LogP contribution >= 0.6 is 45.7 Å². The molecule has 0 aromatic carbocycles. The number of aromatic amines is 1. The molecule has 26 heavy (non-hydrogen) atoms. The van der Waals surface area contributed by atoms with E-state index < -0.39 is 35.8 Å². The highest BCUT2D eigenvalue weighted by Crippen LogP contribution is 2.29. The Hall–Kier alpha value is -0.840. The van der Waals surface area contributed by atoms with Crippen molar-refractivity contribution in [3.63, 3.8) is 0 Å². The lowest BCUT2D eigenvalue weighted by Gasteiger charge is -2.36. The Kier molecular flexibility index (Phi) is 9.91. The van der Waals surface area contributed by atoms with Crippen LogP contribution in [0.15, 0.2) is 12.5 Å². The van der Waals surface area contributed by atoms with Gasteiger partial charge in [-0.2, -0.15) is 0 Å². The summed E-state index contributed by atoms with van der Waals surface area (Å²) in [4.78, 5) is 44.3. The molecule has 0 fully saturated rings. The number of carboxylic acids is 1. The number of unbranched alkanes of at least 4 members (excludes halogenated alkanes) is 1. The van der Waals surface area contributed by atoms with Crippen molar-refractivity contribution in [3.05, 3.63) is 18.2 Å². The van der Waals surface area contributed by atoms with Gasteiger partial charge in [-0.15, -0.1) is 0 Å². The third-order valence-electron chi connectivity index (χ3n) is 3.92. The summed E-state index contributed by atoms with van der Waals surface area (Å²) < 4.78 is 3.78. The first-order valence-electron chi connectivity index (χ1n) is 7.85. The number of halogens is 2. The molecule has 0 radical (unpaired) electrons. The van der Waals surface area contributed by atoms with Crippen LogP contribution in [0.25, 0.3) is 0 Å². The SMILES string of the molecule is NCCCCC(C(=O)O)(C(=O)CN)N(I)C(=O)C(Cc1c[nH]cn1)NI. The van der Waals surface area contributed by atoms with Gasteiger partial charge >= 0.3 is 5.97 Å². The maximum Gasteiger partial charge on any atom is 0.338 e. The number of aliphatic carboxylic acids is 1. The predicted molar refractivity (Wildman–Crippen MR) is 111 cm³/mol. The highest BCUT2D eigenvalue weighted by molar-refractivity contribution is 14.1. The Balaban J connectivity index is 3.14. The molecule has 1 rings (SSSR count). The van der Waals surface area contributed by atoms with Crippen molar-refractivity contribution in [2.24, 2.45) is 11.5 Å². The minimum absolute atomic E-state index is 0.0549. The number of carbonyl (C=O) groups is 3. The number of imidazole rings is 1. The van der Waals surface area contributed by atoms with Crippen LogP contribution in [-0.2, 0) is 20.8 Å². The maximum atomic E-state index is 12.9. The van der Waals surface area contributed by atoms with Gasteiger partial charge in [0.15, 0.2) is 5.78 Å². The molecule has 0 aliphatic heterocycles. The highest BCUT2D eigenvalue weighted by atomic mass is 127. The molecule has 1 aromatic rings. The molecular formula is C14H22I2N6O4. The monoisotopic (exact) mass is 592 g/mol. The maximum absolute atomic E-state index is 12.9. The Labute approximate surface area is 178 Å². The summed E-state index contributed by atoms with van der Waals surface area (Å²) in [6.45, 7) is -0.123. The van der Waals surface area contributed by atoms with Crippen LogP contribution in [0.1, 0.15) is 25.0 Å². The molecule has 2 atom stereocenters. The van der Waals surface area contributed by atoms with E-state index in [1.54, 1.807) is 29.1 Å². The smallest absolute Gasteiger partial charge is 0.338 e. The van der Waals surface area contributed by atoms with Gasteiger partial charge in [-0.05, 0) is 25.8 Å². The summed E-state index contributed by atoms with van der Waals surface area (Å²) in [7, 11) is 0. The van der Waals surface area contributed by atoms with Gasteiger partial charge in [0.2, 0.25) is 5.54 Å². The van der Waals surface area contributed by atoms with Gasteiger partial charge in [-0.3, -0.25) is 12.7 Å².